The number of nitrogens with one attached hydrogen (secondary N) is 1. The number of esters is 1. The van der Waals surface area contributed by atoms with Gasteiger partial charge in [0.2, 0.25) is 0 Å². The van der Waals surface area contributed by atoms with Gasteiger partial charge in [-0.3, -0.25) is 5.43 Å². The first-order valence-electron chi connectivity index (χ1n) is 3.90. The molecule has 74 valence electrons. The van der Waals surface area contributed by atoms with Crippen molar-refractivity contribution in [2.45, 2.75) is 20.3 Å². The summed E-state index contributed by atoms with van der Waals surface area (Å²) in [6, 6.07) is 0. The lowest BCUT2D eigenvalue weighted by Gasteiger charge is -2.03. The lowest BCUT2D eigenvalue weighted by molar-refractivity contribution is -0.135. The molecule has 0 spiro atoms. The Hall–Kier alpha value is -1.17. The average Bonchev–Trinajstić information content (AvgIpc) is 2.05. The number of ether oxygens (including phenoxy) is 1. The summed E-state index contributed by atoms with van der Waals surface area (Å²) in [5.74, 6) is -0.450. The van der Waals surface area contributed by atoms with E-state index in [1.54, 1.807) is 13.8 Å². The molecule has 3 N–H and O–H groups in total. The second-order valence-electron chi connectivity index (χ2n) is 2.11. The second-order valence-corrected chi connectivity index (χ2v) is 2.55. The number of rotatable bonds is 4. The Morgan fingerprint density at radius 1 is 1.62 bits per heavy atom. The molecule has 0 heterocycles. The molecule has 0 aliphatic carbocycles. The monoisotopic (exact) mass is 203 g/mol. The minimum atomic E-state index is -0.450. The van der Waals surface area contributed by atoms with Crippen molar-refractivity contribution < 1.29 is 9.53 Å². The quantitative estimate of drug-likeness (QED) is 0.294. The Morgan fingerprint density at radius 2 is 2.23 bits per heavy atom. The van der Waals surface area contributed by atoms with Crippen LogP contribution < -0.4 is 11.2 Å². The van der Waals surface area contributed by atoms with Crippen molar-refractivity contribution in [3.8, 4) is 0 Å². The SMILES string of the molecule is CCOC(=O)C(CC)=NNC(N)=S. The van der Waals surface area contributed by atoms with Gasteiger partial charge in [0.15, 0.2) is 5.11 Å². The molecule has 0 aliphatic heterocycles. The molecule has 0 atom stereocenters. The molecule has 0 amide bonds. The van der Waals surface area contributed by atoms with E-state index in [9.17, 15) is 4.79 Å². The lowest BCUT2D eigenvalue weighted by atomic mass is 10.3. The fourth-order valence-electron chi connectivity index (χ4n) is 0.606. The molecular weight excluding hydrogens is 190 g/mol. The largest absolute Gasteiger partial charge is 0.461 e. The van der Waals surface area contributed by atoms with Crippen LogP contribution in [0.25, 0.3) is 0 Å². The first kappa shape index (κ1) is 11.8. The first-order chi connectivity index (χ1) is 6.11. The third kappa shape index (κ3) is 5.13. The summed E-state index contributed by atoms with van der Waals surface area (Å²) in [6.45, 7) is 3.84. The van der Waals surface area contributed by atoms with Crippen LogP contribution >= 0.6 is 12.2 Å². The van der Waals surface area contributed by atoms with Crippen molar-refractivity contribution in [1.29, 1.82) is 0 Å². The van der Waals surface area contributed by atoms with Crippen LogP contribution in [0.1, 0.15) is 20.3 Å². The third-order valence-corrected chi connectivity index (χ3v) is 1.24. The number of nitrogens with zero attached hydrogens (tertiary/aromatic N) is 1. The first-order valence-corrected chi connectivity index (χ1v) is 4.31. The van der Waals surface area contributed by atoms with E-state index in [4.69, 9.17) is 10.5 Å². The highest BCUT2D eigenvalue weighted by Crippen LogP contribution is 1.89. The molecule has 5 nitrogen and oxygen atoms in total. The van der Waals surface area contributed by atoms with Gasteiger partial charge in [-0.15, -0.1) is 0 Å². The van der Waals surface area contributed by atoms with Gasteiger partial charge in [0.25, 0.3) is 0 Å². The molecule has 0 aliphatic rings. The van der Waals surface area contributed by atoms with Gasteiger partial charge in [-0.05, 0) is 25.6 Å². The highest BCUT2D eigenvalue weighted by Gasteiger charge is 2.09. The summed E-state index contributed by atoms with van der Waals surface area (Å²) in [5, 5.41) is 3.71. The van der Waals surface area contributed by atoms with Crippen LogP contribution in [0.4, 0.5) is 0 Å². The summed E-state index contributed by atoms with van der Waals surface area (Å²) in [6.07, 6.45) is 0.467. The summed E-state index contributed by atoms with van der Waals surface area (Å²) in [5.41, 5.74) is 7.74. The van der Waals surface area contributed by atoms with Gasteiger partial charge < -0.3 is 10.5 Å². The van der Waals surface area contributed by atoms with Crippen LogP contribution in [0.3, 0.4) is 0 Å². The Labute approximate surface area is 82.3 Å². The van der Waals surface area contributed by atoms with Gasteiger partial charge in [0, 0.05) is 0 Å². The highest BCUT2D eigenvalue weighted by molar-refractivity contribution is 7.80. The van der Waals surface area contributed by atoms with E-state index in [-0.39, 0.29) is 10.8 Å². The predicted molar refractivity (Wildman–Crippen MR) is 54.3 cm³/mol. The highest BCUT2D eigenvalue weighted by atomic mass is 32.1. The normalized spacial score (nSPS) is 10.8. The molecule has 0 saturated heterocycles. The molecule has 0 fully saturated rings. The fraction of sp³-hybridized carbons (Fsp3) is 0.571. The summed E-state index contributed by atoms with van der Waals surface area (Å²) >= 11 is 4.52. The second kappa shape index (κ2) is 6.36. The molecule has 0 radical (unpaired) electrons. The van der Waals surface area contributed by atoms with Crippen LogP contribution in [0.15, 0.2) is 5.10 Å². The number of hydrogen-bond acceptors (Lipinski definition) is 4. The molecule has 0 bridgehead atoms. The molecule has 0 rings (SSSR count). The van der Waals surface area contributed by atoms with Crippen LogP contribution in [0.5, 0.6) is 0 Å². The zero-order chi connectivity index (χ0) is 10.3. The fourth-order valence-corrected chi connectivity index (χ4v) is 0.652. The number of carbonyl (C=O) groups excluding carboxylic acids is 1. The maximum Gasteiger partial charge on any atom is 0.354 e. The molecule has 13 heavy (non-hydrogen) atoms. The lowest BCUT2D eigenvalue weighted by Crippen LogP contribution is -2.28. The number of thiocarbonyl (C=S) groups is 1. The molecule has 0 aromatic carbocycles. The zero-order valence-corrected chi connectivity index (χ0v) is 8.48. The zero-order valence-electron chi connectivity index (χ0n) is 7.66. The van der Waals surface area contributed by atoms with Crippen molar-refractivity contribution >= 4 is 29.0 Å². The summed E-state index contributed by atoms with van der Waals surface area (Å²) < 4.78 is 4.73. The van der Waals surface area contributed by atoms with Crippen molar-refractivity contribution in [3.63, 3.8) is 0 Å². The van der Waals surface area contributed by atoms with Crippen molar-refractivity contribution in [2.75, 3.05) is 6.61 Å². The Bertz CT molecular complexity index is 228. The van der Waals surface area contributed by atoms with Crippen molar-refractivity contribution in [1.82, 2.24) is 5.43 Å². The van der Waals surface area contributed by atoms with Crippen LogP contribution in [0, 0.1) is 0 Å². The van der Waals surface area contributed by atoms with Crippen LogP contribution in [-0.2, 0) is 9.53 Å². The van der Waals surface area contributed by atoms with Crippen molar-refractivity contribution in [3.05, 3.63) is 0 Å². The van der Waals surface area contributed by atoms with E-state index >= 15 is 0 Å². The van der Waals surface area contributed by atoms with E-state index in [1.807, 2.05) is 0 Å². The topological polar surface area (TPSA) is 76.7 Å². The van der Waals surface area contributed by atoms with Gasteiger partial charge in [-0.25, -0.2) is 4.79 Å². The molecular formula is C7H13N3O2S. The summed E-state index contributed by atoms with van der Waals surface area (Å²) in [4.78, 5) is 11.1. The molecule has 6 heteroatoms. The van der Waals surface area contributed by atoms with Gasteiger partial charge in [0.05, 0.1) is 6.61 Å². The maximum atomic E-state index is 11.1. The predicted octanol–water partition coefficient (Wildman–Crippen LogP) is 0.149. The van der Waals surface area contributed by atoms with Gasteiger partial charge in [-0.2, -0.15) is 5.10 Å². The van der Waals surface area contributed by atoms with Crippen LogP contribution in [-0.4, -0.2) is 23.4 Å². The minimum absolute atomic E-state index is 0.0234. The van der Waals surface area contributed by atoms with E-state index in [0.717, 1.165) is 0 Å². The summed E-state index contributed by atoms with van der Waals surface area (Å²) in [7, 11) is 0. The number of nitrogens with two attached hydrogens (primary N) is 1. The Balaban J connectivity index is 4.22. The van der Waals surface area contributed by atoms with Gasteiger partial charge in [0.1, 0.15) is 5.71 Å². The minimum Gasteiger partial charge on any atom is -0.461 e. The smallest absolute Gasteiger partial charge is 0.354 e. The third-order valence-electron chi connectivity index (χ3n) is 1.15. The Kier molecular flexibility index (Phi) is 5.79. The maximum absolute atomic E-state index is 11.1. The molecule has 0 unspecified atom stereocenters. The van der Waals surface area contributed by atoms with E-state index in [1.165, 1.54) is 0 Å². The van der Waals surface area contributed by atoms with E-state index in [2.05, 4.69) is 22.7 Å². The Morgan fingerprint density at radius 3 is 2.62 bits per heavy atom. The van der Waals surface area contributed by atoms with Gasteiger partial charge in [-0.1, -0.05) is 6.92 Å². The van der Waals surface area contributed by atoms with Crippen molar-refractivity contribution in [2.24, 2.45) is 10.8 Å². The van der Waals surface area contributed by atoms with Crippen LogP contribution in [0.2, 0.25) is 0 Å². The standard InChI is InChI=1S/C7H13N3O2S/c1-3-5(6(11)12-4-2)9-10-7(8)13/h3-4H2,1-2H3,(H3,8,10,13). The molecule has 0 saturated carbocycles. The number of hydrogen-bond donors (Lipinski definition) is 2. The van der Waals surface area contributed by atoms with E-state index < -0.39 is 5.97 Å². The number of hydrazone groups is 1. The number of carbonyl (C=O) groups is 1. The average molecular weight is 203 g/mol. The van der Waals surface area contributed by atoms with E-state index in [0.29, 0.717) is 13.0 Å². The van der Waals surface area contributed by atoms with Gasteiger partial charge >= 0.3 is 5.97 Å². The molecule has 0 aromatic rings. The molecule has 0 aromatic heterocycles.